The summed E-state index contributed by atoms with van der Waals surface area (Å²) in [6.45, 7) is 2.30. The summed E-state index contributed by atoms with van der Waals surface area (Å²) in [6.07, 6.45) is 4.93. The molecule has 1 aromatic rings. The van der Waals surface area contributed by atoms with Gasteiger partial charge in [0.05, 0.1) is 24.0 Å². The number of benzene rings is 1. The molecule has 0 amide bonds. The molecule has 0 radical (unpaired) electrons. The Kier molecular flexibility index (Phi) is 4.53. The number of esters is 1. The van der Waals surface area contributed by atoms with Crippen molar-refractivity contribution in [2.75, 3.05) is 24.8 Å². The molecule has 0 heterocycles. The van der Waals surface area contributed by atoms with Crippen molar-refractivity contribution < 1.29 is 9.53 Å². The highest BCUT2D eigenvalue weighted by Crippen LogP contribution is 2.33. The Balaban J connectivity index is 2.25. The molecule has 1 aromatic carbocycles. The number of nitrogens with zero attached hydrogens (tertiary/aromatic N) is 1. The van der Waals surface area contributed by atoms with Crippen LogP contribution in [0.15, 0.2) is 18.2 Å². The third-order valence-corrected chi connectivity index (χ3v) is 4.32. The van der Waals surface area contributed by atoms with Crippen LogP contribution in [0.25, 0.3) is 0 Å². The second-order valence-corrected chi connectivity index (χ2v) is 5.77. The van der Waals surface area contributed by atoms with Crippen LogP contribution in [-0.4, -0.2) is 26.2 Å². The first-order chi connectivity index (χ1) is 9.54. The monoisotopic (exact) mass is 276 g/mol. The zero-order valence-electron chi connectivity index (χ0n) is 12.6. The van der Waals surface area contributed by atoms with E-state index in [9.17, 15) is 4.79 Å². The normalized spacial score (nSPS) is 22.4. The van der Waals surface area contributed by atoms with Crippen molar-refractivity contribution in [2.24, 2.45) is 5.92 Å². The number of methoxy groups -OCH3 is 1. The predicted molar refractivity (Wildman–Crippen MR) is 82.0 cm³/mol. The van der Waals surface area contributed by atoms with E-state index in [1.165, 1.54) is 32.8 Å². The maximum absolute atomic E-state index is 11.7. The minimum absolute atomic E-state index is 0.380. The molecule has 0 aromatic heterocycles. The molecule has 0 bridgehead atoms. The topological polar surface area (TPSA) is 55.6 Å². The molecule has 0 spiro atoms. The summed E-state index contributed by atoms with van der Waals surface area (Å²) in [6, 6.07) is 6.04. The Morgan fingerprint density at radius 3 is 2.80 bits per heavy atom. The molecule has 1 aliphatic carbocycles. The maximum Gasteiger partial charge on any atom is 0.340 e. The molecule has 1 aliphatic rings. The van der Waals surface area contributed by atoms with E-state index >= 15 is 0 Å². The van der Waals surface area contributed by atoms with E-state index in [1.54, 1.807) is 6.07 Å². The second kappa shape index (κ2) is 6.16. The van der Waals surface area contributed by atoms with Crippen molar-refractivity contribution in [3.63, 3.8) is 0 Å². The number of hydrogen-bond acceptors (Lipinski definition) is 4. The summed E-state index contributed by atoms with van der Waals surface area (Å²) >= 11 is 0. The zero-order chi connectivity index (χ0) is 14.7. The van der Waals surface area contributed by atoms with Gasteiger partial charge in [0.25, 0.3) is 0 Å². The lowest BCUT2D eigenvalue weighted by atomic mass is 9.86. The average molecular weight is 276 g/mol. The number of carbonyl (C=O) groups excluding carboxylic acids is 1. The smallest absolute Gasteiger partial charge is 0.340 e. The van der Waals surface area contributed by atoms with Gasteiger partial charge in [0.15, 0.2) is 0 Å². The summed E-state index contributed by atoms with van der Waals surface area (Å²) in [5, 5.41) is 0. The molecular formula is C16H24N2O2. The van der Waals surface area contributed by atoms with Gasteiger partial charge in [-0.2, -0.15) is 0 Å². The van der Waals surface area contributed by atoms with Crippen LogP contribution in [0.5, 0.6) is 0 Å². The number of rotatable bonds is 3. The van der Waals surface area contributed by atoms with Gasteiger partial charge in [0.1, 0.15) is 0 Å². The van der Waals surface area contributed by atoms with Gasteiger partial charge in [-0.05, 0) is 30.9 Å². The SMILES string of the molecule is COC(=O)c1cccc(N(C)C2CCCC(C)C2)c1N. The fraction of sp³-hybridized carbons (Fsp3) is 0.562. The van der Waals surface area contributed by atoms with E-state index in [4.69, 9.17) is 10.5 Å². The first-order valence-corrected chi connectivity index (χ1v) is 7.24. The Morgan fingerprint density at radius 1 is 1.40 bits per heavy atom. The summed E-state index contributed by atoms with van der Waals surface area (Å²) in [7, 11) is 3.44. The lowest BCUT2D eigenvalue weighted by Gasteiger charge is -2.36. The zero-order valence-corrected chi connectivity index (χ0v) is 12.6. The number of ether oxygens (including phenoxy) is 1. The molecule has 110 valence electrons. The molecule has 4 heteroatoms. The molecule has 2 atom stereocenters. The number of nitrogens with two attached hydrogens (primary N) is 1. The largest absolute Gasteiger partial charge is 0.465 e. The van der Waals surface area contributed by atoms with Crippen molar-refractivity contribution in [1.82, 2.24) is 0 Å². The Hall–Kier alpha value is -1.71. The summed E-state index contributed by atoms with van der Waals surface area (Å²) in [5.41, 5.74) is 8.04. The van der Waals surface area contributed by atoms with Crippen LogP contribution < -0.4 is 10.6 Å². The van der Waals surface area contributed by atoms with Gasteiger partial charge < -0.3 is 15.4 Å². The molecular weight excluding hydrogens is 252 g/mol. The van der Waals surface area contributed by atoms with Crippen molar-refractivity contribution >= 4 is 17.3 Å². The summed E-state index contributed by atoms with van der Waals surface area (Å²) < 4.78 is 4.78. The van der Waals surface area contributed by atoms with Crippen molar-refractivity contribution in [3.05, 3.63) is 23.8 Å². The lowest BCUT2D eigenvalue weighted by Crippen LogP contribution is -2.36. The minimum Gasteiger partial charge on any atom is -0.465 e. The van der Waals surface area contributed by atoms with Gasteiger partial charge in [-0.15, -0.1) is 0 Å². The highest BCUT2D eigenvalue weighted by molar-refractivity contribution is 5.98. The van der Waals surface area contributed by atoms with Crippen LogP contribution in [0.3, 0.4) is 0 Å². The highest BCUT2D eigenvalue weighted by atomic mass is 16.5. The molecule has 0 aliphatic heterocycles. The van der Waals surface area contributed by atoms with Gasteiger partial charge in [-0.1, -0.05) is 25.8 Å². The van der Waals surface area contributed by atoms with E-state index in [0.29, 0.717) is 17.3 Å². The second-order valence-electron chi connectivity index (χ2n) is 5.77. The third-order valence-electron chi connectivity index (χ3n) is 4.32. The van der Waals surface area contributed by atoms with E-state index in [1.807, 2.05) is 12.1 Å². The fourth-order valence-electron chi connectivity index (χ4n) is 3.10. The predicted octanol–water partition coefficient (Wildman–Crippen LogP) is 3.07. The number of hydrogen-bond donors (Lipinski definition) is 1. The van der Waals surface area contributed by atoms with Gasteiger partial charge in [-0.25, -0.2) is 4.79 Å². The van der Waals surface area contributed by atoms with Crippen molar-refractivity contribution in [3.8, 4) is 0 Å². The fourth-order valence-corrected chi connectivity index (χ4v) is 3.10. The van der Waals surface area contributed by atoms with Gasteiger partial charge >= 0.3 is 5.97 Å². The van der Waals surface area contributed by atoms with Crippen LogP contribution in [0.2, 0.25) is 0 Å². The first-order valence-electron chi connectivity index (χ1n) is 7.24. The van der Waals surface area contributed by atoms with E-state index in [-0.39, 0.29) is 5.97 Å². The number of carbonyl (C=O) groups is 1. The number of nitrogen functional groups attached to an aromatic ring is 1. The summed E-state index contributed by atoms with van der Waals surface area (Å²) in [4.78, 5) is 13.9. The molecule has 2 rings (SSSR count). The van der Waals surface area contributed by atoms with E-state index < -0.39 is 0 Å². The molecule has 0 saturated heterocycles. The van der Waals surface area contributed by atoms with Crippen LogP contribution >= 0.6 is 0 Å². The van der Waals surface area contributed by atoms with Crippen LogP contribution in [0.1, 0.15) is 43.0 Å². The highest BCUT2D eigenvalue weighted by Gasteiger charge is 2.24. The molecule has 1 fully saturated rings. The van der Waals surface area contributed by atoms with Gasteiger partial charge in [0, 0.05) is 13.1 Å². The van der Waals surface area contributed by atoms with E-state index in [0.717, 1.165) is 11.6 Å². The van der Waals surface area contributed by atoms with Crippen LogP contribution in [-0.2, 0) is 4.74 Å². The number of para-hydroxylation sites is 1. The Labute approximate surface area is 120 Å². The van der Waals surface area contributed by atoms with Crippen molar-refractivity contribution in [1.29, 1.82) is 0 Å². The van der Waals surface area contributed by atoms with Crippen LogP contribution in [0.4, 0.5) is 11.4 Å². The molecule has 20 heavy (non-hydrogen) atoms. The molecule has 1 saturated carbocycles. The Bertz CT molecular complexity index is 487. The molecule has 4 nitrogen and oxygen atoms in total. The van der Waals surface area contributed by atoms with Crippen molar-refractivity contribution in [2.45, 2.75) is 38.6 Å². The average Bonchev–Trinajstić information content (AvgIpc) is 2.46. The minimum atomic E-state index is -0.380. The standard InChI is InChI=1S/C16H24N2O2/c1-11-6-4-7-12(10-11)18(2)14-9-5-8-13(15(14)17)16(19)20-3/h5,8-9,11-12H,4,6-7,10,17H2,1-3H3. The van der Waals surface area contributed by atoms with Gasteiger partial charge in [0.2, 0.25) is 0 Å². The van der Waals surface area contributed by atoms with Crippen LogP contribution in [0, 0.1) is 5.92 Å². The molecule has 2 N–H and O–H groups in total. The molecule has 2 unspecified atom stereocenters. The lowest BCUT2D eigenvalue weighted by molar-refractivity contribution is 0.0602. The Morgan fingerprint density at radius 2 is 2.15 bits per heavy atom. The quantitative estimate of drug-likeness (QED) is 0.681. The maximum atomic E-state index is 11.7. The van der Waals surface area contributed by atoms with E-state index in [2.05, 4.69) is 18.9 Å². The number of anilines is 2. The first kappa shape index (κ1) is 14.7. The third kappa shape index (κ3) is 2.89. The van der Waals surface area contributed by atoms with Gasteiger partial charge in [-0.3, -0.25) is 0 Å². The summed E-state index contributed by atoms with van der Waals surface area (Å²) in [5.74, 6) is 0.371.